The smallest absolute Gasteiger partial charge is 0.0580 e. The molecule has 100 valence electrons. The highest BCUT2D eigenvalue weighted by Crippen LogP contribution is 2.28. The lowest BCUT2D eigenvalue weighted by atomic mass is 9.85. The topological polar surface area (TPSA) is 20.2 Å². The molecule has 0 saturated heterocycles. The van der Waals surface area contributed by atoms with Gasteiger partial charge in [0.05, 0.1) is 6.10 Å². The second-order valence-corrected chi connectivity index (χ2v) is 5.93. The summed E-state index contributed by atoms with van der Waals surface area (Å²) in [4.78, 5) is 0. The quantitative estimate of drug-likeness (QED) is 0.823. The highest BCUT2D eigenvalue weighted by molar-refractivity contribution is 5.22. The Morgan fingerprint density at radius 2 is 2.00 bits per heavy atom. The first-order valence-corrected chi connectivity index (χ1v) is 7.47. The number of aliphatic hydroxyl groups is 1. The monoisotopic (exact) mass is 246 g/mol. The lowest BCUT2D eigenvalue weighted by molar-refractivity contribution is 0.149. The van der Waals surface area contributed by atoms with E-state index in [2.05, 4.69) is 31.2 Å². The van der Waals surface area contributed by atoms with Crippen LogP contribution in [0.25, 0.3) is 0 Å². The molecule has 0 bridgehead atoms. The Morgan fingerprint density at radius 1 is 1.22 bits per heavy atom. The normalized spacial score (nSPS) is 18.8. The molecule has 1 N–H and O–H groups in total. The molecule has 0 radical (unpaired) electrons. The van der Waals surface area contributed by atoms with E-state index in [0.717, 1.165) is 18.8 Å². The van der Waals surface area contributed by atoms with Crippen LogP contribution in [0.3, 0.4) is 0 Å². The maximum absolute atomic E-state index is 10.1. The van der Waals surface area contributed by atoms with E-state index >= 15 is 0 Å². The van der Waals surface area contributed by atoms with Gasteiger partial charge in [-0.25, -0.2) is 0 Å². The molecule has 2 rings (SSSR count). The molecule has 0 heterocycles. The van der Waals surface area contributed by atoms with E-state index in [4.69, 9.17) is 0 Å². The number of aliphatic hydroxyl groups excluding tert-OH is 1. The van der Waals surface area contributed by atoms with Crippen molar-refractivity contribution in [1.82, 2.24) is 0 Å². The van der Waals surface area contributed by atoms with Gasteiger partial charge in [0.2, 0.25) is 0 Å². The predicted octanol–water partition coefficient (Wildman–Crippen LogP) is 4.26. The lowest BCUT2D eigenvalue weighted by Gasteiger charge is -2.22. The first kappa shape index (κ1) is 13.6. The Morgan fingerprint density at radius 3 is 2.72 bits per heavy atom. The van der Waals surface area contributed by atoms with E-state index in [1.807, 2.05) is 0 Å². The summed E-state index contributed by atoms with van der Waals surface area (Å²) in [6.45, 7) is 2.11. The van der Waals surface area contributed by atoms with Crippen LogP contribution in [0.5, 0.6) is 0 Å². The summed E-state index contributed by atoms with van der Waals surface area (Å²) in [5, 5.41) is 10.1. The maximum Gasteiger partial charge on any atom is 0.0580 e. The van der Waals surface area contributed by atoms with E-state index < -0.39 is 0 Å². The third-order valence-electron chi connectivity index (χ3n) is 4.19. The van der Waals surface area contributed by atoms with Crippen molar-refractivity contribution in [2.24, 2.45) is 5.92 Å². The van der Waals surface area contributed by atoms with Crippen LogP contribution in [0.4, 0.5) is 0 Å². The van der Waals surface area contributed by atoms with Gasteiger partial charge in [0.1, 0.15) is 0 Å². The first-order chi connectivity index (χ1) is 8.74. The molecular formula is C17H26O. The van der Waals surface area contributed by atoms with Gasteiger partial charge in [0, 0.05) is 0 Å². The summed E-state index contributed by atoms with van der Waals surface area (Å²) in [6.07, 6.45) is 9.84. The fourth-order valence-electron chi connectivity index (χ4n) is 3.12. The van der Waals surface area contributed by atoms with Crippen molar-refractivity contribution in [3.63, 3.8) is 0 Å². The number of hydrogen-bond donors (Lipinski definition) is 1. The molecular weight excluding hydrogens is 220 g/mol. The van der Waals surface area contributed by atoms with Gasteiger partial charge < -0.3 is 5.11 Å². The summed E-state index contributed by atoms with van der Waals surface area (Å²) in [5.74, 6) is 0.880. The second kappa shape index (κ2) is 6.94. The van der Waals surface area contributed by atoms with Gasteiger partial charge in [-0.2, -0.15) is 0 Å². The van der Waals surface area contributed by atoms with Gasteiger partial charge in [-0.15, -0.1) is 0 Å². The van der Waals surface area contributed by atoms with Gasteiger partial charge in [0.25, 0.3) is 0 Å². The average molecular weight is 246 g/mol. The Labute approximate surface area is 111 Å². The standard InChI is InChI=1S/C17H26O/c1-14-6-5-9-16(12-14)13-17(18)11-10-15-7-3-2-4-8-15/h5-6,9,12,15,17-18H,2-4,7-8,10-11,13H2,1H3. The lowest BCUT2D eigenvalue weighted by Crippen LogP contribution is -2.14. The maximum atomic E-state index is 10.1. The van der Waals surface area contributed by atoms with E-state index in [-0.39, 0.29) is 6.10 Å². The molecule has 1 nitrogen and oxygen atoms in total. The van der Waals surface area contributed by atoms with E-state index in [1.54, 1.807) is 0 Å². The number of hydrogen-bond acceptors (Lipinski definition) is 1. The van der Waals surface area contributed by atoms with Crippen molar-refractivity contribution in [1.29, 1.82) is 0 Å². The van der Waals surface area contributed by atoms with Crippen LogP contribution in [0.2, 0.25) is 0 Å². The van der Waals surface area contributed by atoms with Gasteiger partial charge >= 0.3 is 0 Å². The van der Waals surface area contributed by atoms with E-state index in [1.165, 1.54) is 49.7 Å². The van der Waals surface area contributed by atoms with Crippen LogP contribution in [-0.2, 0) is 6.42 Å². The molecule has 18 heavy (non-hydrogen) atoms. The van der Waals surface area contributed by atoms with Crippen molar-refractivity contribution in [2.75, 3.05) is 0 Å². The average Bonchev–Trinajstić information content (AvgIpc) is 2.38. The third kappa shape index (κ3) is 4.45. The molecule has 0 aromatic heterocycles. The van der Waals surface area contributed by atoms with E-state index in [0.29, 0.717) is 0 Å². The van der Waals surface area contributed by atoms with Crippen molar-refractivity contribution < 1.29 is 5.11 Å². The molecule has 1 aliphatic carbocycles. The Kier molecular flexibility index (Phi) is 5.25. The highest BCUT2D eigenvalue weighted by Gasteiger charge is 2.15. The third-order valence-corrected chi connectivity index (χ3v) is 4.19. The Hall–Kier alpha value is -0.820. The summed E-state index contributed by atoms with van der Waals surface area (Å²) in [7, 11) is 0. The summed E-state index contributed by atoms with van der Waals surface area (Å²) in [5.41, 5.74) is 2.55. The van der Waals surface area contributed by atoms with Crippen molar-refractivity contribution >= 4 is 0 Å². The molecule has 1 heteroatoms. The fraction of sp³-hybridized carbons (Fsp3) is 0.647. The Bertz CT molecular complexity index is 352. The molecule has 1 saturated carbocycles. The molecule has 1 unspecified atom stereocenters. The van der Waals surface area contributed by atoms with Crippen LogP contribution in [0.1, 0.15) is 56.1 Å². The summed E-state index contributed by atoms with van der Waals surface area (Å²) in [6, 6.07) is 8.50. The number of aryl methyl sites for hydroxylation is 1. The minimum absolute atomic E-state index is 0.159. The molecule has 1 aliphatic rings. The van der Waals surface area contributed by atoms with Crippen LogP contribution in [-0.4, -0.2) is 11.2 Å². The van der Waals surface area contributed by atoms with Crippen LogP contribution in [0, 0.1) is 12.8 Å². The highest BCUT2D eigenvalue weighted by atomic mass is 16.3. The number of rotatable bonds is 5. The van der Waals surface area contributed by atoms with Gasteiger partial charge in [0.15, 0.2) is 0 Å². The molecule has 1 atom stereocenters. The second-order valence-electron chi connectivity index (χ2n) is 5.93. The van der Waals surface area contributed by atoms with Crippen LogP contribution in [0.15, 0.2) is 24.3 Å². The van der Waals surface area contributed by atoms with Crippen LogP contribution >= 0.6 is 0 Å². The largest absolute Gasteiger partial charge is 0.393 e. The molecule has 0 amide bonds. The minimum Gasteiger partial charge on any atom is -0.393 e. The zero-order chi connectivity index (χ0) is 12.8. The number of benzene rings is 1. The Balaban J connectivity index is 1.72. The van der Waals surface area contributed by atoms with Crippen molar-refractivity contribution in [3.05, 3.63) is 35.4 Å². The van der Waals surface area contributed by atoms with Crippen LogP contribution < -0.4 is 0 Å². The SMILES string of the molecule is Cc1cccc(CC(O)CCC2CCCCC2)c1. The summed E-state index contributed by atoms with van der Waals surface area (Å²) >= 11 is 0. The molecule has 1 aromatic carbocycles. The van der Waals surface area contributed by atoms with Gasteiger partial charge in [-0.3, -0.25) is 0 Å². The first-order valence-electron chi connectivity index (χ1n) is 7.47. The van der Waals surface area contributed by atoms with Gasteiger partial charge in [-0.1, -0.05) is 61.9 Å². The fourth-order valence-corrected chi connectivity index (χ4v) is 3.12. The van der Waals surface area contributed by atoms with Crippen molar-refractivity contribution in [3.8, 4) is 0 Å². The minimum atomic E-state index is -0.159. The molecule has 0 aliphatic heterocycles. The summed E-state index contributed by atoms with van der Waals surface area (Å²) < 4.78 is 0. The zero-order valence-electron chi connectivity index (χ0n) is 11.6. The predicted molar refractivity (Wildman–Crippen MR) is 76.7 cm³/mol. The van der Waals surface area contributed by atoms with Gasteiger partial charge in [-0.05, 0) is 37.7 Å². The van der Waals surface area contributed by atoms with Crippen molar-refractivity contribution in [2.45, 2.75) is 64.4 Å². The van der Waals surface area contributed by atoms with E-state index in [9.17, 15) is 5.11 Å². The molecule has 0 spiro atoms. The molecule has 1 aromatic rings. The zero-order valence-corrected chi connectivity index (χ0v) is 11.6. The molecule has 1 fully saturated rings.